The van der Waals surface area contributed by atoms with Crippen LogP contribution in [-0.4, -0.2) is 5.97 Å². The monoisotopic (exact) mass is 194 g/mol. The molecule has 0 rings (SSSR count). The van der Waals surface area contributed by atoms with Crippen molar-refractivity contribution in [2.24, 2.45) is 5.41 Å². The number of carbonyl (C=O) groups is 1. The molecule has 10 heavy (non-hydrogen) atoms. The number of rotatable bonds is 0. The molecule has 0 aliphatic rings. The van der Waals surface area contributed by atoms with E-state index in [1.54, 1.807) is 27.7 Å². The van der Waals surface area contributed by atoms with Crippen LogP contribution >= 0.6 is 0 Å². The molecular formula is C7H14O2Zn-. The molecule has 0 saturated heterocycles. The Labute approximate surface area is 75.8 Å². The summed E-state index contributed by atoms with van der Waals surface area (Å²) < 4.78 is 0. The SMILES string of the molecule is CC(C)(C)C(=O)[O-].[CH2]C.[Zn]. The summed E-state index contributed by atoms with van der Waals surface area (Å²) in [5, 5.41) is 9.91. The van der Waals surface area contributed by atoms with Crippen LogP contribution in [0.2, 0.25) is 0 Å². The summed E-state index contributed by atoms with van der Waals surface area (Å²) >= 11 is 0. The second-order valence-electron chi connectivity index (χ2n) is 2.54. The summed E-state index contributed by atoms with van der Waals surface area (Å²) in [6, 6.07) is 0. The van der Waals surface area contributed by atoms with Gasteiger partial charge in [0.15, 0.2) is 0 Å². The van der Waals surface area contributed by atoms with Crippen molar-refractivity contribution in [3.8, 4) is 0 Å². The molecular weight excluding hydrogens is 181 g/mol. The fraction of sp³-hybridized carbons (Fsp3) is 0.714. The number of carboxylic acid groups (broad SMARTS) is 1. The van der Waals surface area contributed by atoms with Crippen LogP contribution in [0.1, 0.15) is 27.7 Å². The summed E-state index contributed by atoms with van der Waals surface area (Å²) in [4.78, 5) is 9.91. The van der Waals surface area contributed by atoms with Crippen LogP contribution in [0.25, 0.3) is 0 Å². The average Bonchev–Trinajstić information content (AvgIpc) is 1.69. The first-order valence-corrected chi connectivity index (χ1v) is 2.87. The molecule has 2 nitrogen and oxygen atoms in total. The quantitative estimate of drug-likeness (QED) is 0.532. The van der Waals surface area contributed by atoms with Gasteiger partial charge in [0.2, 0.25) is 0 Å². The predicted octanol–water partition coefficient (Wildman–Crippen LogP) is 0.620. The Morgan fingerprint density at radius 1 is 1.30 bits per heavy atom. The van der Waals surface area contributed by atoms with Gasteiger partial charge in [0.25, 0.3) is 0 Å². The van der Waals surface area contributed by atoms with E-state index in [1.165, 1.54) is 0 Å². The molecule has 3 heteroatoms. The summed E-state index contributed by atoms with van der Waals surface area (Å²) in [5.41, 5.74) is -0.694. The topological polar surface area (TPSA) is 40.1 Å². The Kier molecular flexibility index (Phi) is 11.9. The van der Waals surface area contributed by atoms with E-state index in [4.69, 9.17) is 0 Å². The number of aliphatic carboxylic acids is 1. The van der Waals surface area contributed by atoms with Gasteiger partial charge in [-0.3, -0.25) is 0 Å². The molecule has 0 atom stereocenters. The van der Waals surface area contributed by atoms with E-state index in [0.717, 1.165) is 0 Å². The normalized spacial score (nSPS) is 8.50. The summed E-state index contributed by atoms with van der Waals surface area (Å²) in [7, 11) is 0. The van der Waals surface area contributed by atoms with E-state index in [0.29, 0.717) is 0 Å². The molecule has 0 N–H and O–H groups in total. The Bertz CT molecular complexity index is 84.1. The minimum absolute atomic E-state index is 0. The maximum absolute atomic E-state index is 9.91. The van der Waals surface area contributed by atoms with Gasteiger partial charge in [-0.15, -0.1) is 0 Å². The first-order chi connectivity index (χ1) is 3.94. The third kappa shape index (κ3) is 11.0. The summed E-state index contributed by atoms with van der Waals surface area (Å²) in [5.74, 6) is -1.01. The smallest absolute Gasteiger partial charge is 0.0467 e. The maximum atomic E-state index is 9.91. The van der Waals surface area contributed by atoms with Gasteiger partial charge < -0.3 is 9.90 Å². The van der Waals surface area contributed by atoms with Crippen molar-refractivity contribution < 1.29 is 29.4 Å². The van der Waals surface area contributed by atoms with Crippen LogP contribution < -0.4 is 5.11 Å². The van der Waals surface area contributed by atoms with Crippen LogP contribution in [0.4, 0.5) is 0 Å². The molecule has 0 saturated carbocycles. The largest absolute Gasteiger partial charge is 0.550 e. The van der Waals surface area contributed by atoms with Crippen LogP contribution in [0.15, 0.2) is 0 Å². The molecule has 0 aliphatic heterocycles. The minimum atomic E-state index is -1.01. The molecule has 0 unspecified atom stereocenters. The second kappa shape index (κ2) is 7.20. The van der Waals surface area contributed by atoms with Crippen molar-refractivity contribution in [3.05, 3.63) is 6.92 Å². The molecule has 57 valence electrons. The molecule has 0 aromatic carbocycles. The Morgan fingerprint density at radius 2 is 1.40 bits per heavy atom. The fourth-order valence-electron chi connectivity index (χ4n) is 0. The van der Waals surface area contributed by atoms with Crippen LogP contribution in [0.3, 0.4) is 0 Å². The zero-order chi connectivity index (χ0) is 8.08. The van der Waals surface area contributed by atoms with Gasteiger partial charge in [0.05, 0.1) is 0 Å². The first-order valence-electron chi connectivity index (χ1n) is 2.87. The number of hydrogen-bond acceptors (Lipinski definition) is 2. The van der Waals surface area contributed by atoms with Crippen LogP contribution in [0, 0.1) is 12.3 Å². The van der Waals surface area contributed by atoms with Gasteiger partial charge in [0.1, 0.15) is 0 Å². The molecule has 0 aliphatic carbocycles. The first kappa shape index (κ1) is 16.6. The van der Waals surface area contributed by atoms with Crippen molar-refractivity contribution in [3.63, 3.8) is 0 Å². The average molecular weight is 196 g/mol. The maximum Gasteiger partial charge on any atom is 0.0467 e. The zero-order valence-corrected chi connectivity index (χ0v) is 10.2. The van der Waals surface area contributed by atoms with Crippen molar-refractivity contribution in [1.82, 2.24) is 0 Å². The van der Waals surface area contributed by atoms with E-state index in [-0.39, 0.29) is 19.5 Å². The molecule has 0 bridgehead atoms. The molecule has 0 aromatic rings. The molecule has 0 heterocycles. The molecule has 0 fully saturated rings. The summed E-state index contributed by atoms with van der Waals surface area (Å²) in [6.45, 7) is 9.80. The standard InChI is InChI=1S/C5H10O2.C2H5.Zn/c1-5(2,3)4(6)7;1-2;/h1-3H3,(H,6,7);1H2,2H3;/p-1. The van der Waals surface area contributed by atoms with E-state index < -0.39 is 11.4 Å². The van der Waals surface area contributed by atoms with Crippen LogP contribution in [-0.2, 0) is 24.3 Å². The van der Waals surface area contributed by atoms with Gasteiger partial charge in [0, 0.05) is 30.9 Å². The van der Waals surface area contributed by atoms with Crippen molar-refractivity contribution >= 4 is 5.97 Å². The molecule has 0 aromatic heterocycles. The van der Waals surface area contributed by atoms with E-state index >= 15 is 0 Å². The summed E-state index contributed by atoms with van der Waals surface area (Å²) in [6.07, 6.45) is 0. The Morgan fingerprint density at radius 3 is 1.40 bits per heavy atom. The Balaban J connectivity index is -0.000000149. The van der Waals surface area contributed by atoms with E-state index in [1.807, 2.05) is 0 Å². The van der Waals surface area contributed by atoms with Crippen LogP contribution in [0.5, 0.6) is 0 Å². The zero-order valence-electron chi connectivity index (χ0n) is 7.23. The van der Waals surface area contributed by atoms with E-state index in [2.05, 4.69) is 6.92 Å². The van der Waals surface area contributed by atoms with Gasteiger partial charge in [-0.1, -0.05) is 34.6 Å². The number of hydrogen-bond donors (Lipinski definition) is 0. The molecule has 0 spiro atoms. The third-order valence-electron chi connectivity index (χ3n) is 0.612. The second-order valence-corrected chi connectivity index (χ2v) is 2.54. The fourth-order valence-corrected chi connectivity index (χ4v) is 0. The van der Waals surface area contributed by atoms with Gasteiger partial charge in [-0.2, -0.15) is 0 Å². The van der Waals surface area contributed by atoms with Crippen molar-refractivity contribution in [1.29, 1.82) is 0 Å². The van der Waals surface area contributed by atoms with Gasteiger partial charge >= 0.3 is 0 Å². The number of carboxylic acids is 1. The van der Waals surface area contributed by atoms with Crippen molar-refractivity contribution in [2.45, 2.75) is 27.7 Å². The Hall–Kier alpha value is 0.0934. The number of carbonyl (C=O) groups excluding carboxylic acids is 1. The predicted molar refractivity (Wildman–Crippen MR) is 35.5 cm³/mol. The van der Waals surface area contributed by atoms with Gasteiger partial charge in [-0.25, -0.2) is 0 Å². The van der Waals surface area contributed by atoms with Gasteiger partial charge in [-0.05, 0) is 0 Å². The minimum Gasteiger partial charge on any atom is -0.550 e. The molecule has 1 radical (unpaired) electrons. The third-order valence-corrected chi connectivity index (χ3v) is 0.612. The van der Waals surface area contributed by atoms with E-state index in [9.17, 15) is 9.90 Å². The van der Waals surface area contributed by atoms with Crippen molar-refractivity contribution in [2.75, 3.05) is 0 Å². The molecule has 0 amide bonds.